The van der Waals surface area contributed by atoms with Crippen LogP contribution in [0.3, 0.4) is 0 Å². The van der Waals surface area contributed by atoms with Crippen LogP contribution in [0.5, 0.6) is 0 Å². The molecule has 0 saturated carbocycles. The first-order valence-electron chi connectivity index (χ1n) is 6.25. The summed E-state index contributed by atoms with van der Waals surface area (Å²) in [6.07, 6.45) is 4.13. The van der Waals surface area contributed by atoms with E-state index >= 15 is 0 Å². The van der Waals surface area contributed by atoms with Crippen molar-refractivity contribution in [3.8, 4) is 0 Å². The number of rotatable bonds is 3. The van der Waals surface area contributed by atoms with Crippen LogP contribution in [-0.4, -0.2) is 11.8 Å². The minimum absolute atomic E-state index is 0.349. The SMILES string of the molecule is Cc1occc1C(=O)NNC(=O)/C=C/c1cccc(Cl)c1Cl. The lowest BCUT2D eigenvalue weighted by Gasteiger charge is -2.04. The lowest BCUT2D eigenvalue weighted by Crippen LogP contribution is -2.40. The molecule has 1 heterocycles. The average molecular weight is 339 g/mol. The van der Waals surface area contributed by atoms with Gasteiger partial charge in [0.05, 0.1) is 21.9 Å². The van der Waals surface area contributed by atoms with Crippen LogP contribution in [0.1, 0.15) is 21.7 Å². The smallest absolute Gasteiger partial charge is 0.273 e. The molecule has 5 nitrogen and oxygen atoms in total. The van der Waals surface area contributed by atoms with E-state index in [1.54, 1.807) is 25.1 Å². The highest BCUT2D eigenvalue weighted by Gasteiger charge is 2.11. The summed E-state index contributed by atoms with van der Waals surface area (Å²) >= 11 is 11.9. The summed E-state index contributed by atoms with van der Waals surface area (Å²) in [5.74, 6) is -0.507. The fourth-order valence-electron chi connectivity index (χ4n) is 1.66. The molecule has 2 rings (SSSR count). The van der Waals surface area contributed by atoms with Crippen LogP contribution in [0.15, 0.2) is 41.0 Å². The van der Waals surface area contributed by atoms with E-state index in [0.717, 1.165) is 0 Å². The first kappa shape index (κ1) is 16.1. The molecule has 7 heteroatoms. The minimum atomic E-state index is -0.509. The summed E-state index contributed by atoms with van der Waals surface area (Å²) in [6, 6.07) is 6.59. The van der Waals surface area contributed by atoms with Crippen LogP contribution >= 0.6 is 23.2 Å². The molecule has 0 aliphatic rings. The van der Waals surface area contributed by atoms with Gasteiger partial charge in [0.1, 0.15) is 5.76 Å². The van der Waals surface area contributed by atoms with Gasteiger partial charge < -0.3 is 4.42 Å². The average Bonchev–Trinajstić information content (AvgIpc) is 2.92. The molecule has 22 heavy (non-hydrogen) atoms. The van der Waals surface area contributed by atoms with Crippen molar-refractivity contribution in [2.45, 2.75) is 6.92 Å². The van der Waals surface area contributed by atoms with Crippen molar-refractivity contribution >= 4 is 41.1 Å². The number of halogens is 2. The number of furan rings is 1. The van der Waals surface area contributed by atoms with Gasteiger partial charge in [0.25, 0.3) is 11.8 Å². The summed E-state index contributed by atoms with van der Waals surface area (Å²) in [4.78, 5) is 23.4. The van der Waals surface area contributed by atoms with E-state index in [2.05, 4.69) is 10.9 Å². The maximum Gasteiger partial charge on any atom is 0.273 e. The number of aryl methyl sites for hydroxylation is 1. The highest BCUT2D eigenvalue weighted by molar-refractivity contribution is 6.42. The molecule has 2 N–H and O–H groups in total. The highest BCUT2D eigenvalue weighted by atomic mass is 35.5. The molecular formula is C15H12Cl2N2O3. The maximum absolute atomic E-state index is 11.8. The Hall–Kier alpha value is -2.24. The standard InChI is InChI=1S/C15H12Cl2N2O3/c1-9-11(7-8-22-9)15(21)19-18-13(20)6-5-10-3-2-4-12(16)14(10)17/h2-8H,1H3,(H,18,20)(H,19,21)/b6-5+. The third-order valence-corrected chi connectivity index (χ3v) is 3.63. The Bertz CT molecular complexity index is 738. The predicted molar refractivity (Wildman–Crippen MR) is 84.5 cm³/mol. The maximum atomic E-state index is 11.8. The van der Waals surface area contributed by atoms with Crippen molar-refractivity contribution in [1.82, 2.24) is 10.9 Å². The van der Waals surface area contributed by atoms with Crippen LogP contribution in [0.25, 0.3) is 6.08 Å². The van der Waals surface area contributed by atoms with E-state index in [-0.39, 0.29) is 0 Å². The monoisotopic (exact) mass is 338 g/mol. The summed E-state index contributed by atoms with van der Waals surface area (Å²) in [5.41, 5.74) is 5.49. The van der Waals surface area contributed by atoms with Gasteiger partial charge in [-0.2, -0.15) is 0 Å². The van der Waals surface area contributed by atoms with Crippen molar-refractivity contribution in [3.63, 3.8) is 0 Å². The van der Waals surface area contributed by atoms with Gasteiger partial charge in [0.2, 0.25) is 0 Å². The molecule has 0 bridgehead atoms. The predicted octanol–water partition coefficient (Wildman–Crippen LogP) is 3.37. The van der Waals surface area contributed by atoms with E-state index in [1.807, 2.05) is 0 Å². The zero-order valence-electron chi connectivity index (χ0n) is 11.5. The van der Waals surface area contributed by atoms with Gasteiger partial charge in [0, 0.05) is 6.08 Å². The molecule has 0 atom stereocenters. The number of hydrogen-bond donors (Lipinski definition) is 2. The highest BCUT2D eigenvalue weighted by Crippen LogP contribution is 2.26. The van der Waals surface area contributed by atoms with Crippen LogP contribution in [0.2, 0.25) is 10.0 Å². The van der Waals surface area contributed by atoms with Crippen molar-refractivity contribution in [2.75, 3.05) is 0 Å². The molecule has 114 valence electrons. The summed E-state index contributed by atoms with van der Waals surface area (Å²) in [7, 11) is 0. The van der Waals surface area contributed by atoms with Crippen LogP contribution in [0.4, 0.5) is 0 Å². The van der Waals surface area contributed by atoms with Crippen LogP contribution in [0, 0.1) is 6.92 Å². The Morgan fingerprint density at radius 1 is 1.18 bits per heavy atom. The molecule has 0 aliphatic carbocycles. The normalized spacial score (nSPS) is 10.7. The van der Waals surface area contributed by atoms with E-state index in [9.17, 15) is 9.59 Å². The Morgan fingerprint density at radius 2 is 1.95 bits per heavy atom. The van der Waals surface area contributed by atoms with Crippen molar-refractivity contribution in [1.29, 1.82) is 0 Å². The zero-order chi connectivity index (χ0) is 16.1. The first-order valence-corrected chi connectivity index (χ1v) is 7.01. The largest absolute Gasteiger partial charge is 0.469 e. The van der Waals surface area contributed by atoms with E-state index in [4.69, 9.17) is 27.6 Å². The number of amides is 2. The van der Waals surface area contributed by atoms with Crippen LogP contribution < -0.4 is 10.9 Å². The Morgan fingerprint density at radius 3 is 2.64 bits per heavy atom. The van der Waals surface area contributed by atoms with Crippen LogP contribution in [-0.2, 0) is 4.79 Å². The topological polar surface area (TPSA) is 71.3 Å². The molecule has 0 radical (unpaired) electrons. The number of carbonyl (C=O) groups is 2. The molecule has 0 aliphatic heterocycles. The molecule has 0 unspecified atom stereocenters. The summed E-state index contributed by atoms with van der Waals surface area (Å²) < 4.78 is 5.01. The number of nitrogens with one attached hydrogen (secondary N) is 2. The van der Waals surface area contributed by atoms with Gasteiger partial charge in [-0.25, -0.2) is 0 Å². The molecule has 1 aromatic heterocycles. The summed E-state index contributed by atoms with van der Waals surface area (Å²) in [5, 5.41) is 0.749. The van der Waals surface area contributed by atoms with Gasteiger partial charge in [0.15, 0.2) is 0 Å². The quantitative estimate of drug-likeness (QED) is 0.665. The van der Waals surface area contributed by atoms with Crippen molar-refractivity contribution < 1.29 is 14.0 Å². The zero-order valence-corrected chi connectivity index (χ0v) is 13.0. The summed E-state index contributed by atoms with van der Waals surface area (Å²) in [6.45, 7) is 1.65. The van der Waals surface area contributed by atoms with E-state index in [0.29, 0.717) is 26.9 Å². The number of hydrazine groups is 1. The van der Waals surface area contributed by atoms with E-state index < -0.39 is 11.8 Å². The first-order chi connectivity index (χ1) is 10.5. The molecule has 0 fully saturated rings. The fourth-order valence-corrected chi connectivity index (χ4v) is 2.03. The third kappa shape index (κ3) is 3.90. The van der Waals surface area contributed by atoms with Gasteiger partial charge >= 0.3 is 0 Å². The molecular weight excluding hydrogens is 327 g/mol. The number of benzene rings is 1. The third-order valence-electron chi connectivity index (χ3n) is 2.80. The van der Waals surface area contributed by atoms with Gasteiger partial charge in [-0.1, -0.05) is 35.3 Å². The molecule has 0 spiro atoms. The molecule has 2 amide bonds. The van der Waals surface area contributed by atoms with Gasteiger partial charge in [-0.3, -0.25) is 20.4 Å². The van der Waals surface area contributed by atoms with Crippen molar-refractivity contribution in [2.24, 2.45) is 0 Å². The Labute approximate surface area is 136 Å². The second-order valence-electron chi connectivity index (χ2n) is 4.31. The van der Waals surface area contributed by atoms with Gasteiger partial charge in [-0.15, -0.1) is 0 Å². The number of carbonyl (C=O) groups excluding carboxylic acids is 2. The van der Waals surface area contributed by atoms with E-state index in [1.165, 1.54) is 24.5 Å². The Kier molecular flexibility index (Phi) is 5.25. The molecule has 1 aromatic carbocycles. The lowest BCUT2D eigenvalue weighted by atomic mass is 10.2. The second kappa shape index (κ2) is 7.15. The van der Waals surface area contributed by atoms with Crippen molar-refractivity contribution in [3.05, 3.63) is 63.5 Å². The molecule has 2 aromatic rings. The lowest BCUT2D eigenvalue weighted by molar-refractivity contribution is -0.117. The molecule has 0 saturated heterocycles. The Balaban J connectivity index is 1.93. The fraction of sp³-hybridized carbons (Fsp3) is 0.0667. The second-order valence-corrected chi connectivity index (χ2v) is 5.10. The van der Waals surface area contributed by atoms with Gasteiger partial charge in [-0.05, 0) is 30.7 Å². The minimum Gasteiger partial charge on any atom is -0.469 e. The number of hydrogen-bond acceptors (Lipinski definition) is 3.